The first kappa shape index (κ1) is 16.5. The van der Waals surface area contributed by atoms with Crippen LogP contribution in [0.3, 0.4) is 0 Å². The maximum atomic E-state index is 11.0. The molecule has 1 aromatic heterocycles. The predicted octanol–water partition coefficient (Wildman–Crippen LogP) is 3.29. The summed E-state index contributed by atoms with van der Waals surface area (Å²) < 4.78 is 2.07. The lowest BCUT2D eigenvalue weighted by molar-refractivity contribution is -0.0197. The Labute approximate surface area is 128 Å². The number of nitrogens with two attached hydrogens (primary N) is 1. The van der Waals surface area contributed by atoms with Crippen LogP contribution in [0.2, 0.25) is 0 Å². The highest BCUT2D eigenvalue weighted by Crippen LogP contribution is 2.48. The quantitative estimate of drug-likeness (QED) is 0.875. The van der Waals surface area contributed by atoms with Crippen molar-refractivity contribution in [3.8, 4) is 0 Å². The zero-order valence-electron chi connectivity index (χ0n) is 13.9. The number of aromatic nitrogens is 2. The molecule has 0 aromatic carbocycles. The van der Waals surface area contributed by atoms with Gasteiger partial charge in [-0.25, -0.2) is 4.98 Å². The second-order valence-electron chi connectivity index (χ2n) is 7.37. The molecule has 120 valence electrons. The van der Waals surface area contributed by atoms with Crippen molar-refractivity contribution in [2.24, 2.45) is 23.0 Å². The first-order valence-corrected chi connectivity index (χ1v) is 8.31. The van der Waals surface area contributed by atoms with Gasteiger partial charge in [-0.1, -0.05) is 13.8 Å². The summed E-state index contributed by atoms with van der Waals surface area (Å²) in [4.78, 5) is 4.23. The van der Waals surface area contributed by atoms with Crippen molar-refractivity contribution >= 4 is 0 Å². The maximum absolute atomic E-state index is 11.0. The highest BCUT2D eigenvalue weighted by atomic mass is 16.3. The van der Waals surface area contributed by atoms with E-state index in [1.807, 2.05) is 6.33 Å². The van der Waals surface area contributed by atoms with Gasteiger partial charge in [0.1, 0.15) is 6.10 Å². The third kappa shape index (κ3) is 3.16. The largest absolute Gasteiger partial charge is 0.386 e. The lowest BCUT2D eigenvalue weighted by atomic mass is 9.64. The van der Waals surface area contributed by atoms with Gasteiger partial charge < -0.3 is 15.4 Å². The number of rotatable bonds is 5. The molecule has 1 aromatic rings. The van der Waals surface area contributed by atoms with Crippen molar-refractivity contribution < 1.29 is 5.11 Å². The topological polar surface area (TPSA) is 64.1 Å². The fourth-order valence-corrected chi connectivity index (χ4v) is 3.74. The highest BCUT2D eigenvalue weighted by Gasteiger charge is 2.42. The van der Waals surface area contributed by atoms with Crippen LogP contribution < -0.4 is 5.73 Å². The fraction of sp³-hybridized carbons (Fsp3) is 0.824. The van der Waals surface area contributed by atoms with Crippen LogP contribution >= 0.6 is 0 Å². The summed E-state index contributed by atoms with van der Waals surface area (Å²) in [5.41, 5.74) is 6.84. The van der Waals surface area contributed by atoms with Gasteiger partial charge in [0.05, 0.1) is 18.2 Å². The molecule has 0 saturated heterocycles. The van der Waals surface area contributed by atoms with Gasteiger partial charge in [-0.05, 0) is 51.4 Å². The summed E-state index contributed by atoms with van der Waals surface area (Å²) in [5, 5.41) is 11.0. The number of hydrogen-bond donors (Lipinski definition) is 2. The Morgan fingerprint density at radius 2 is 1.95 bits per heavy atom. The molecule has 0 radical (unpaired) electrons. The van der Waals surface area contributed by atoms with E-state index in [1.165, 1.54) is 12.8 Å². The van der Waals surface area contributed by atoms with Gasteiger partial charge in [0.25, 0.3) is 0 Å². The average molecular weight is 293 g/mol. The number of aliphatic hydroxyl groups excluding tert-OH is 1. The van der Waals surface area contributed by atoms with E-state index in [-0.39, 0.29) is 5.41 Å². The Hall–Kier alpha value is -0.870. The van der Waals surface area contributed by atoms with Gasteiger partial charge in [-0.2, -0.15) is 0 Å². The minimum absolute atomic E-state index is 0.182. The van der Waals surface area contributed by atoms with E-state index in [9.17, 15) is 5.11 Å². The lowest BCUT2D eigenvalue weighted by Crippen LogP contribution is -2.41. The van der Waals surface area contributed by atoms with E-state index < -0.39 is 6.10 Å². The van der Waals surface area contributed by atoms with E-state index in [0.717, 1.165) is 30.4 Å². The van der Waals surface area contributed by atoms with Crippen molar-refractivity contribution in [1.29, 1.82) is 0 Å². The van der Waals surface area contributed by atoms with Crippen molar-refractivity contribution in [1.82, 2.24) is 9.55 Å². The smallest absolute Gasteiger partial charge is 0.102 e. The maximum Gasteiger partial charge on any atom is 0.102 e. The summed E-state index contributed by atoms with van der Waals surface area (Å²) in [7, 11) is 0. The van der Waals surface area contributed by atoms with Crippen molar-refractivity contribution in [3.05, 3.63) is 18.2 Å². The molecule has 1 aliphatic rings. The summed E-state index contributed by atoms with van der Waals surface area (Å²) in [6, 6.07) is 0.305. The summed E-state index contributed by atoms with van der Waals surface area (Å²) in [6.07, 6.45) is 7.46. The minimum atomic E-state index is -0.513. The average Bonchev–Trinajstić information content (AvgIpc) is 2.96. The lowest BCUT2D eigenvalue weighted by Gasteiger charge is -2.44. The van der Waals surface area contributed by atoms with Crippen molar-refractivity contribution in [2.45, 2.75) is 65.5 Å². The first-order chi connectivity index (χ1) is 9.91. The molecule has 1 aliphatic carbocycles. The van der Waals surface area contributed by atoms with Crippen LogP contribution in [0.5, 0.6) is 0 Å². The van der Waals surface area contributed by atoms with Crippen LogP contribution in [-0.2, 0) is 0 Å². The molecule has 0 amide bonds. The molecule has 1 heterocycles. The van der Waals surface area contributed by atoms with Crippen molar-refractivity contribution in [2.75, 3.05) is 6.54 Å². The van der Waals surface area contributed by atoms with Crippen LogP contribution in [0.4, 0.5) is 0 Å². The molecule has 0 spiro atoms. The molecule has 0 bridgehead atoms. The fourth-order valence-electron chi connectivity index (χ4n) is 3.74. The zero-order valence-corrected chi connectivity index (χ0v) is 13.9. The molecule has 2 rings (SSSR count). The summed E-state index contributed by atoms with van der Waals surface area (Å²) in [6.45, 7) is 9.36. The van der Waals surface area contributed by atoms with Crippen LogP contribution in [0, 0.1) is 17.3 Å². The Balaban J connectivity index is 2.19. The molecule has 1 saturated carbocycles. The van der Waals surface area contributed by atoms with Crippen molar-refractivity contribution in [3.63, 3.8) is 0 Å². The van der Waals surface area contributed by atoms with E-state index in [2.05, 4.69) is 37.2 Å². The third-order valence-electron chi connectivity index (χ3n) is 5.49. The molecule has 1 atom stereocenters. The number of nitrogens with zero attached hydrogens (tertiary/aromatic N) is 2. The van der Waals surface area contributed by atoms with Gasteiger partial charge in [-0.3, -0.25) is 0 Å². The number of aliphatic hydroxyl groups is 1. The Bertz CT molecular complexity index is 445. The molecule has 0 aliphatic heterocycles. The zero-order chi connectivity index (χ0) is 15.6. The monoisotopic (exact) mass is 293 g/mol. The van der Waals surface area contributed by atoms with Crippen LogP contribution in [-0.4, -0.2) is 21.2 Å². The van der Waals surface area contributed by atoms with Gasteiger partial charge in [0.2, 0.25) is 0 Å². The van der Waals surface area contributed by atoms with Crippen LogP contribution in [0.15, 0.2) is 12.5 Å². The predicted molar refractivity (Wildman–Crippen MR) is 85.9 cm³/mol. The third-order valence-corrected chi connectivity index (χ3v) is 5.49. The van der Waals surface area contributed by atoms with Crippen LogP contribution in [0.25, 0.3) is 0 Å². The number of imidazole rings is 1. The van der Waals surface area contributed by atoms with Crippen LogP contribution in [0.1, 0.15) is 71.2 Å². The summed E-state index contributed by atoms with van der Waals surface area (Å²) >= 11 is 0. The number of hydrogen-bond acceptors (Lipinski definition) is 3. The normalized spacial score (nSPS) is 28.3. The van der Waals surface area contributed by atoms with E-state index >= 15 is 0 Å². The Kier molecular flexibility index (Phi) is 5.10. The SMILES string of the molecule is CC(C)C1CCC(CN)(C(O)c2cncn2C(C)C)CC1. The summed E-state index contributed by atoms with van der Waals surface area (Å²) in [5.74, 6) is 1.49. The molecular formula is C17H31N3O. The molecule has 1 fully saturated rings. The molecule has 1 unspecified atom stereocenters. The molecule has 21 heavy (non-hydrogen) atoms. The minimum Gasteiger partial charge on any atom is -0.386 e. The Morgan fingerprint density at radius 3 is 2.43 bits per heavy atom. The van der Waals surface area contributed by atoms with E-state index in [0.29, 0.717) is 12.6 Å². The molecule has 3 N–H and O–H groups in total. The second kappa shape index (κ2) is 6.49. The van der Waals surface area contributed by atoms with Gasteiger partial charge in [0.15, 0.2) is 0 Å². The van der Waals surface area contributed by atoms with Gasteiger partial charge in [-0.15, -0.1) is 0 Å². The molecule has 4 heteroatoms. The second-order valence-corrected chi connectivity index (χ2v) is 7.37. The first-order valence-electron chi connectivity index (χ1n) is 8.31. The standard InChI is InChI=1S/C17H31N3O/c1-12(2)14-5-7-17(10-18,8-6-14)16(21)15-9-19-11-20(15)13(3)4/h9,11-14,16,21H,5-8,10,18H2,1-4H3. The van der Waals surface area contributed by atoms with Gasteiger partial charge >= 0.3 is 0 Å². The van der Waals surface area contributed by atoms with E-state index in [4.69, 9.17) is 5.73 Å². The molecule has 4 nitrogen and oxygen atoms in total. The molecular weight excluding hydrogens is 262 g/mol. The van der Waals surface area contributed by atoms with Gasteiger partial charge in [0, 0.05) is 18.0 Å². The Morgan fingerprint density at radius 1 is 1.33 bits per heavy atom. The highest BCUT2D eigenvalue weighted by molar-refractivity contribution is 5.10. The van der Waals surface area contributed by atoms with E-state index in [1.54, 1.807) is 6.20 Å².